The van der Waals surface area contributed by atoms with Crippen molar-refractivity contribution in [3.63, 3.8) is 0 Å². The lowest BCUT2D eigenvalue weighted by molar-refractivity contribution is -0.123. The van der Waals surface area contributed by atoms with Gasteiger partial charge in [-0.15, -0.1) is 24.0 Å². The van der Waals surface area contributed by atoms with Crippen LogP contribution in [0.1, 0.15) is 33.2 Å². The van der Waals surface area contributed by atoms with Crippen LogP contribution in [0.5, 0.6) is 0 Å². The maximum atomic E-state index is 11.6. The molecule has 0 radical (unpaired) electrons. The van der Waals surface area contributed by atoms with Gasteiger partial charge in [-0.25, -0.2) is 4.98 Å². The molecule has 1 amide bonds. The second-order valence-corrected chi connectivity index (χ2v) is 6.71. The molecular formula is C17H31IN6O. The Hall–Kier alpha value is -1.32. The molecule has 0 saturated carbocycles. The number of likely N-dealkylation sites (tertiary alicyclic amines) is 1. The summed E-state index contributed by atoms with van der Waals surface area (Å²) in [5.74, 6) is 1.60. The standard InChI is InChI=1S/C17H30N6O.HI/c1-13(2)16(24)20-6-7-21-17(18-4)22-9-5-14(3)15(11-22)23-10-8-19-12-23;/h8,10,12-15H,5-7,9,11H2,1-4H3,(H,18,21)(H,20,24);1H. The SMILES string of the molecule is CN=C(NCCNC(=O)C(C)C)N1CCC(C)C(n2ccnc2)C1.I. The van der Waals surface area contributed by atoms with E-state index in [0.29, 0.717) is 25.0 Å². The third kappa shape index (κ3) is 6.16. The first-order valence-corrected chi connectivity index (χ1v) is 8.73. The number of imidazole rings is 1. The molecule has 1 aromatic rings. The predicted molar refractivity (Wildman–Crippen MR) is 111 cm³/mol. The second-order valence-electron chi connectivity index (χ2n) is 6.71. The summed E-state index contributed by atoms with van der Waals surface area (Å²) in [4.78, 5) is 22.4. The zero-order valence-corrected chi connectivity index (χ0v) is 17.9. The second kappa shape index (κ2) is 10.6. The van der Waals surface area contributed by atoms with Crippen molar-refractivity contribution >= 4 is 35.8 Å². The van der Waals surface area contributed by atoms with E-state index in [2.05, 4.69) is 37.0 Å². The minimum Gasteiger partial charge on any atom is -0.354 e. The topological polar surface area (TPSA) is 74.6 Å². The van der Waals surface area contributed by atoms with Crippen LogP contribution in [-0.4, -0.2) is 59.5 Å². The molecular weight excluding hydrogens is 431 g/mol. The van der Waals surface area contributed by atoms with E-state index in [1.54, 1.807) is 7.05 Å². The van der Waals surface area contributed by atoms with Crippen LogP contribution >= 0.6 is 24.0 Å². The van der Waals surface area contributed by atoms with Crippen molar-refractivity contribution in [3.05, 3.63) is 18.7 Å². The summed E-state index contributed by atoms with van der Waals surface area (Å²) in [5, 5.41) is 6.27. The fraction of sp³-hybridized carbons (Fsp3) is 0.706. The van der Waals surface area contributed by atoms with Crippen molar-refractivity contribution in [1.29, 1.82) is 0 Å². The highest BCUT2D eigenvalue weighted by molar-refractivity contribution is 14.0. The van der Waals surface area contributed by atoms with E-state index in [1.807, 2.05) is 32.6 Å². The number of nitrogens with zero attached hydrogens (tertiary/aromatic N) is 4. The maximum Gasteiger partial charge on any atom is 0.222 e. The summed E-state index contributed by atoms with van der Waals surface area (Å²) in [6.07, 6.45) is 6.87. The van der Waals surface area contributed by atoms with Gasteiger partial charge in [0.2, 0.25) is 5.91 Å². The van der Waals surface area contributed by atoms with Crippen molar-refractivity contribution < 1.29 is 4.79 Å². The predicted octanol–water partition coefficient (Wildman–Crippen LogP) is 1.73. The number of hydrogen-bond donors (Lipinski definition) is 2. The highest BCUT2D eigenvalue weighted by atomic mass is 127. The van der Waals surface area contributed by atoms with Gasteiger partial charge in [0, 0.05) is 51.5 Å². The highest BCUT2D eigenvalue weighted by Crippen LogP contribution is 2.27. The van der Waals surface area contributed by atoms with Crippen molar-refractivity contribution in [3.8, 4) is 0 Å². The molecule has 0 aromatic carbocycles. The molecule has 25 heavy (non-hydrogen) atoms. The van der Waals surface area contributed by atoms with Gasteiger partial charge in [0.15, 0.2) is 5.96 Å². The summed E-state index contributed by atoms with van der Waals surface area (Å²) in [7, 11) is 1.80. The molecule has 1 fully saturated rings. The molecule has 2 heterocycles. The fourth-order valence-electron chi connectivity index (χ4n) is 2.99. The number of amides is 1. The number of halogens is 1. The molecule has 0 bridgehead atoms. The number of nitrogens with one attached hydrogen (secondary N) is 2. The Morgan fingerprint density at radius 1 is 1.36 bits per heavy atom. The first-order valence-electron chi connectivity index (χ1n) is 8.73. The number of aromatic nitrogens is 2. The Balaban J connectivity index is 0.00000312. The average Bonchev–Trinajstić information content (AvgIpc) is 3.09. The first kappa shape index (κ1) is 21.7. The third-order valence-corrected chi connectivity index (χ3v) is 4.57. The van der Waals surface area contributed by atoms with Gasteiger partial charge in [-0.2, -0.15) is 0 Å². The van der Waals surface area contributed by atoms with E-state index in [9.17, 15) is 4.79 Å². The van der Waals surface area contributed by atoms with Gasteiger partial charge in [0.1, 0.15) is 0 Å². The van der Waals surface area contributed by atoms with Crippen LogP contribution in [0.4, 0.5) is 0 Å². The number of carbonyl (C=O) groups is 1. The van der Waals surface area contributed by atoms with Gasteiger partial charge < -0.3 is 20.1 Å². The Kier molecular flexibility index (Phi) is 9.23. The van der Waals surface area contributed by atoms with Crippen LogP contribution in [0.15, 0.2) is 23.7 Å². The van der Waals surface area contributed by atoms with Gasteiger partial charge in [-0.05, 0) is 12.3 Å². The van der Waals surface area contributed by atoms with E-state index in [-0.39, 0.29) is 35.8 Å². The van der Waals surface area contributed by atoms with E-state index in [1.165, 1.54) is 0 Å². The zero-order valence-electron chi connectivity index (χ0n) is 15.6. The summed E-state index contributed by atoms with van der Waals surface area (Å²) in [5.41, 5.74) is 0. The Morgan fingerprint density at radius 2 is 2.08 bits per heavy atom. The van der Waals surface area contributed by atoms with Crippen molar-refractivity contribution in [2.45, 2.75) is 33.2 Å². The van der Waals surface area contributed by atoms with Gasteiger partial charge in [-0.3, -0.25) is 9.79 Å². The molecule has 1 aliphatic heterocycles. The number of carbonyl (C=O) groups excluding carboxylic acids is 1. The number of aliphatic imine (C=N–C) groups is 1. The summed E-state index contributed by atoms with van der Waals surface area (Å²) in [6, 6.07) is 0.403. The molecule has 1 aliphatic rings. The molecule has 0 aliphatic carbocycles. The molecule has 1 saturated heterocycles. The lowest BCUT2D eigenvalue weighted by Crippen LogP contribution is -2.50. The molecule has 2 N–H and O–H groups in total. The monoisotopic (exact) mass is 462 g/mol. The van der Waals surface area contributed by atoms with Crippen LogP contribution < -0.4 is 10.6 Å². The highest BCUT2D eigenvalue weighted by Gasteiger charge is 2.28. The molecule has 1 aromatic heterocycles. The van der Waals surface area contributed by atoms with Gasteiger partial charge >= 0.3 is 0 Å². The van der Waals surface area contributed by atoms with Crippen LogP contribution in [0, 0.1) is 11.8 Å². The summed E-state index contributed by atoms with van der Waals surface area (Å²) in [6.45, 7) is 9.26. The smallest absolute Gasteiger partial charge is 0.222 e. The number of guanidine groups is 1. The van der Waals surface area contributed by atoms with Crippen LogP contribution in [0.2, 0.25) is 0 Å². The summed E-state index contributed by atoms with van der Waals surface area (Å²) < 4.78 is 2.19. The van der Waals surface area contributed by atoms with Crippen molar-refractivity contribution in [2.24, 2.45) is 16.8 Å². The third-order valence-electron chi connectivity index (χ3n) is 4.57. The van der Waals surface area contributed by atoms with Gasteiger partial charge in [-0.1, -0.05) is 20.8 Å². The van der Waals surface area contributed by atoms with Crippen molar-refractivity contribution in [1.82, 2.24) is 25.1 Å². The molecule has 2 atom stereocenters. The zero-order chi connectivity index (χ0) is 17.5. The molecule has 7 nitrogen and oxygen atoms in total. The van der Waals surface area contributed by atoms with E-state index >= 15 is 0 Å². The fourth-order valence-corrected chi connectivity index (χ4v) is 2.99. The van der Waals surface area contributed by atoms with E-state index in [0.717, 1.165) is 25.5 Å². The van der Waals surface area contributed by atoms with Gasteiger partial charge in [0.25, 0.3) is 0 Å². The lowest BCUT2D eigenvalue weighted by Gasteiger charge is -2.39. The Morgan fingerprint density at radius 3 is 2.68 bits per heavy atom. The number of hydrogen-bond acceptors (Lipinski definition) is 3. The summed E-state index contributed by atoms with van der Waals surface area (Å²) >= 11 is 0. The quantitative estimate of drug-likeness (QED) is 0.303. The van der Waals surface area contributed by atoms with Crippen LogP contribution in [0.25, 0.3) is 0 Å². The Bertz CT molecular complexity index is 545. The minimum absolute atomic E-state index is 0. The minimum atomic E-state index is 0. The van der Waals surface area contributed by atoms with E-state index in [4.69, 9.17) is 0 Å². The molecule has 8 heteroatoms. The first-order chi connectivity index (χ1) is 11.5. The number of piperidine rings is 1. The van der Waals surface area contributed by atoms with E-state index < -0.39 is 0 Å². The average molecular weight is 462 g/mol. The largest absolute Gasteiger partial charge is 0.354 e. The number of rotatable bonds is 5. The van der Waals surface area contributed by atoms with Crippen LogP contribution in [0.3, 0.4) is 0 Å². The molecule has 2 unspecified atom stereocenters. The van der Waals surface area contributed by atoms with Crippen molar-refractivity contribution in [2.75, 3.05) is 33.2 Å². The van der Waals surface area contributed by atoms with Crippen LogP contribution in [-0.2, 0) is 4.79 Å². The normalized spacial score (nSPS) is 21.0. The molecule has 0 spiro atoms. The molecule has 142 valence electrons. The maximum absolute atomic E-state index is 11.6. The van der Waals surface area contributed by atoms with Gasteiger partial charge in [0.05, 0.1) is 12.4 Å². The lowest BCUT2D eigenvalue weighted by atomic mass is 9.93. The molecule has 2 rings (SSSR count). The Labute approximate surface area is 167 Å².